The van der Waals surface area contributed by atoms with Crippen LogP contribution < -0.4 is 0 Å². The van der Waals surface area contributed by atoms with Gasteiger partial charge in [-0.05, 0) is 25.0 Å². The van der Waals surface area contributed by atoms with E-state index in [4.69, 9.17) is 9.72 Å². The van der Waals surface area contributed by atoms with Crippen molar-refractivity contribution < 1.29 is 9.53 Å². The average molecular weight is 313 g/mol. The highest BCUT2D eigenvalue weighted by molar-refractivity contribution is 5.77. The third kappa shape index (κ3) is 2.63. The molecule has 2 fully saturated rings. The van der Waals surface area contributed by atoms with Crippen molar-refractivity contribution in [3.8, 4) is 0 Å². The lowest BCUT2D eigenvalue weighted by Gasteiger charge is -2.39. The number of piperidine rings is 1. The molecule has 0 aliphatic carbocycles. The van der Waals surface area contributed by atoms with Gasteiger partial charge >= 0.3 is 0 Å². The summed E-state index contributed by atoms with van der Waals surface area (Å²) in [6, 6.07) is 8.17. The van der Waals surface area contributed by atoms with Gasteiger partial charge in [0.05, 0.1) is 17.6 Å². The number of benzene rings is 1. The Balaban J connectivity index is 1.48. The number of rotatable bonds is 3. The van der Waals surface area contributed by atoms with Gasteiger partial charge in [-0.2, -0.15) is 0 Å². The van der Waals surface area contributed by atoms with Gasteiger partial charge in [0.15, 0.2) is 0 Å². The van der Waals surface area contributed by atoms with Crippen molar-refractivity contribution >= 4 is 16.9 Å². The third-order valence-corrected chi connectivity index (χ3v) is 5.42. The summed E-state index contributed by atoms with van der Waals surface area (Å²) in [5.74, 6) is 1.32. The van der Waals surface area contributed by atoms with Crippen molar-refractivity contribution in [1.82, 2.24) is 14.5 Å². The zero-order chi connectivity index (χ0) is 15.9. The van der Waals surface area contributed by atoms with E-state index in [1.165, 1.54) is 0 Å². The quantitative estimate of drug-likeness (QED) is 0.872. The van der Waals surface area contributed by atoms with E-state index in [2.05, 4.69) is 17.7 Å². The maximum absolute atomic E-state index is 12.3. The molecule has 1 atom stereocenters. The molecule has 1 aromatic heterocycles. The SMILES string of the molecule is Cn1c(CCN2C[C@]3(CCOC3)CCC2=O)nc2ccccc21. The maximum atomic E-state index is 12.3. The van der Waals surface area contributed by atoms with Gasteiger partial charge in [-0.25, -0.2) is 4.98 Å². The van der Waals surface area contributed by atoms with Gasteiger partial charge in [-0.1, -0.05) is 12.1 Å². The number of hydrogen-bond donors (Lipinski definition) is 0. The largest absolute Gasteiger partial charge is 0.381 e. The molecule has 1 spiro atoms. The second-order valence-corrected chi connectivity index (χ2v) is 6.94. The molecule has 5 heteroatoms. The van der Waals surface area contributed by atoms with Crippen LogP contribution in [0.15, 0.2) is 24.3 Å². The van der Waals surface area contributed by atoms with Crippen LogP contribution in [0.3, 0.4) is 0 Å². The van der Waals surface area contributed by atoms with E-state index in [0.29, 0.717) is 6.42 Å². The van der Waals surface area contributed by atoms with Crippen LogP contribution in [-0.2, 0) is 23.0 Å². The van der Waals surface area contributed by atoms with Crippen LogP contribution in [0.1, 0.15) is 25.1 Å². The molecular formula is C18H23N3O2. The molecule has 2 aliphatic rings. The standard InChI is InChI=1S/C18H23N3O2/c1-20-15-5-3-2-4-14(15)19-16(20)7-10-21-12-18(8-6-17(21)22)9-11-23-13-18/h2-5H,6-13H2,1H3/t18-/m1/s1. The molecule has 5 nitrogen and oxygen atoms in total. The second-order valence-electron chi connectivity index (χ2n) is 6.94. The summed E-state index contributed by atoms with van der Waals surface area (Å²) < 4.78 is 7.73. The number of nitrogens with zero attached hydrogens (tertiary/aromatic N) is 3. The summed E-state index contributed by atoms with van der Waals surface area (Å²) in [5.41, 5.74) is 2.38. The first-order valence-corrected chi connectivity index (χ1v) is 8.43. The van der Waals surface area contributed by atoms with E-state index in [9.17, 15) is 4.79 Å². The maximum Gasteiger partial charge on any atom is 0.222 e. The lowest BCUT2D eigenvalue weighted by Crippen LogP contribution is -2.47. The smallest absolute Gasteiger partial charge is 0.222 e. The number of likely N-dealkylation sites (tertiary alicyclic amines) is 1. The molecule has 2 saturated heterocycles. The Bertz CT molecular complexity index is 731. The minimum absolute atomic E-state index is 0.209. The van der Waals surface area contributed by atoms with Gasteiger partial charge < -0.3 is 14.2 Å². The zero-order valence-electron chi connectivity index (χ0n) is 13.6. The number of aryl methyl sites for hydroxylation is 1. The molecule has 0 radical (unpaired) electrons. The summed E-state index contributed by atoms with van der Waals surface area (Å²) in [6.45, 7) is 3.24. The van der Waals surface area contributed by atoms with Crippen LogP contribution in [0.25, 0.3) is 11.0 Å². The van der Waals surface area contributed by atoms with Crippen LogP contribution in [0.4, 0.5) is 0 Å². The highest BCUT2D eigenvalue weighted by Crippen LogP contribution is 2.38. The summed E-state index contributed by atoms with van der Waals surface area (Å²) in [7, 11) is 2.05. The molecule has 2 aromatic rings. The summed E-state index contributed by atoms with van der Waals surface area (Å²) in [4.78, 5) is 19.0. The van der Waals surface area contributed by atoms with Gasteiger partial charge in [0, 0.05) is 45.0 Å². The van der Waals surface area contributed by atoms with E-state index in [1.807, 2.05) is 23.1 Å². The Hall–Kier alpha value is -1.88. The average Bonchev–Trinajstić information content (AvgIpc) is 3.14. The molecule has 1 aromatic carbocycles. The van der Waals surface area contributed by atoms with Crippen molar-refractivity contribution in [2.75, 3.05) is 26.3 Å². The molecule has 0 bridgehead atoms. The molecule has 0 unspecified atom stereocenters. The fourth-order valence-corrected chi connectivity index (χ4v) is 3.93. The topological polar surface area (TPSA) is 47.4 Å². The van der Waals surface area contributed by atoms with Crippen LogP contribution in [-0.4, -0.2) is 46.7 Å². The third-order valence-electron chi connectivity index (χ3n) is 5.42. The number of hydrogen-bond acceptors (Lipinski definition) is 3. The number of amides is 1. The first-order valence-electron chi connectivity index (χ1n) is 8.43. The molecule has 23 heavy (non-hydrogen) atoms. The number of imidazole rings is 1. The van der Waals surface area contributed by atoms with E-state index in [-0.39, 0.29) is 11.3 Å². The number of aromatic nitrogens is 2. The molecule has 4 rings (SSSR count). The van der Waals surface area contributed by atoms with Gasteiger partial charge in [0.1, 0.15) is 5.82 Å². The molecule has 1 amide bonds. The Kier molecular flexibility index (Phi) is 3.60. The highest BCUT2D eigenvalue weighted by atomic mass is 16.5. The Morgan fingerprint density at radius 2 is 2.17 bits per heavy atom. The fraction of sp³-hybridized carbons (Fsp3) is 0.556. The van der Waals surface area contributed by atoms with Gasteiger partial charge in [-0.3, -0.25) is 4.79 Å². The van der Waals surface area contributed by atoms with Crippen LogP contribution in [0, 0.1) is 5.41 Å². The normalized spacial score (nSPS) is 24.9. The second kappa shape index (κ2) is 5.64. The summed E-state index contributed by atoms with van der Waals surface area (Å²) in [6.07, 6.45) is 3.53. The van der Waals surface area contributed by atoms with Crippen molar-refractivity contribution in [3.05, 3.63) is 30.1 Å². The molecule has 3 heterocycles. The van der Waals surface area contributed by atoms with E-state index in [0.717, 1.165) is 62.4 Å². The number of carbonyl (C=O) groups excluding carboxylic acids is 1. The first-order chi connectivity index (χ1) is 11.2. The monoisotopic (exact) mass is 313 g/mol. The minimum atomic E-state index is 0.209. The Morgan fingerprint density at radius 3 is 2.96 bits per heavy atom. The fourth-order valence-electron chi connectivity index (χ4n) is 3.93. The summed E-state index contributed by atoms with van der Waals surface area (Å²) in [5, 5.41) is 0. The van der Waals surface area contributed by atoms with E-state index >= 15 is 0 Å². The van der Waals surface area contributed by atoms with Crippen LogP contribution >= 0.6 is 0 Å². The molecule has 0 N–H and O–H groups in total. The van der Waals surface area contributed by atoms with E-state index in [1.54, 1.807) is 0 Å². The van der Waals surface area contributed by atoms with E-state index < -0.39 is 0 Å². The number of para-hydroxylation sites is 2. The lowest BCUT2D eigenvalue weighted by atomic mass is 9.79. The van der Waals surface area contributed by atoms with Crippen molar-refractivity contribution in [3.63, 3.8) is 0 Å². The van der Waals surface area contributed by atoms with Crippen LogP contribution in [0.5, 0.6) is 0 Å². The number of carbonyl (C=O) groups is 1. The van der Waals surface area contributed by atoms with Gasteiger partial charge in [0.25, 0.3) is 0 Å². The van der Waals surface area contributed by atoms with Crippen molar-refractivity contribution in [2.45, 2.75) is 25.7 Å². The predicted molar refractivity (Wildman–Crippen MR) is 88.1 cm³/mol. The number of ether oxygens (including phenoxy) is 1. The van der Waals surface area contributed by atoms with Crippen molar-refractivity contribution in [2.24, 2.45) is 12.5 Å². The van der Waals surface area contributed by atoms with Crippen molar-refractivity contribution in [1.29, 1.82) is 0 Å². The molecule has 0 saturated carbocycles. The van der Waals surface area contributed by atoms with Gasteiger partial charge in [-0.15, -0.1) is 0 Å². The molecule has 2 aliphatic heterocycles. The molecule has 122 valence electrons. The minimum Gasteiger partial charge on any atom is -0.381 e. The predicted octanol–water partition coefficient (Wildman–Crippen LogP) is 2.14. The summed E-state index contributed by atoms with van der Waals surface area (Å²) >= 11 is 0. The number of fused-ring (bicyclic) bond motifs is 1. The Morgan fingerprint density at radius 1 is 1.30 bits per heavy atom. The molecular weight excluding hydrogens is 290 g/mol. The highest BCUT2D eigenvalue weighted by Gasteiger charge is 2.41. The van der Waals surface area contributed by atoms with Crippen LogP contribution in [0.2, 0.25) is 0 Å². The lowest BCUT2D eigenvalue weighted by molar-refractivity contribution is -0.137. The van der Waals surface area contributed by atoms with Gasteiger partial charge in [0.2, 0.25) is 5.91 Å². The zero-order valence-corrected chi connectivity index (χ0v) is 13.6. The first kappa shape index (κ1) is 14.7. The Labute approximate surface area is 136 Å².